The summed E-state index contributed by atoms with van der Waals surface area (Å²) in [6, 6.07) is 7.37. The summed E-state index contributed by atoms with van der Waals surface area (Å²) in [5.74, 6) is 1.00. The molecule has 166 valence electrons. The Kier molecular flexibility index (Phi) is 5.47. The molecule has 11 nitrogen and oxygen atoms in total. The van der Waals surface area contributed by atoms with Gasteiger partial charge in [-0.1, -0.05) is 19.9 Å². The van der Waals surface area contributed by atoms with Crippen molar-refractivity contribution in [2.45, 2.75) is 27.3 Å². The summed E-state index contributed by atoms with van der Waals surface area (Å²) in [7, 11) is 3.49. The number of anilines is 4. The van der Waals surface area contributed by atoms with Gasteiger partial charge in [0, 0.05) is 26.1 Å². The first kappa shape index (κ1) is 21.2. The number of carbonyl (C=O) groups excluding carboxylic acids is 2. The van der Waals surface area contributed by atoms with Crippen LogP contribution in [0.5, 0.6) is 0 Å². The molecular weight excluding hydrogens is 410 g/mol. The number of fused-ring (bicyclic) bond motifs is 3. The molecular formula is C21H25N9O2. The predicted octanol–water partition coefficient (Wildman–Crippen LogP) is 2.01. The Hall–Kier alpha value is -4.02. The number of aromatic nitrogens is 5. The van der Waals surface area contributed by atoms with E-state index in [1.165, 1.54) is 7.05 Å². The van der Waals surface area contributed by atoms with Gasteiger partial charge in [0.05, 0.1) is 29.3 Å². The lowest BCUT2D eigenvalue weighted by Gasteiger charge is -2.29. The third-order valence-corrected chi connectivity index (χ3v) is 5.06. The Bertz CT molecular complexity index is 1200. The van der Waals surface area contributed by atoms with Crippen molar-refractivity contribution < 1.29 is 9.59 Å². The number of aryl methyl sites for hydroxylation is 1. The molecule has 3 heterocycles. The van der Waals surface area contributed by atoms with E-state index >= 15 is 0 Å². The van der Waals surface area contributed by atoms with Crippen molar-refractivity contribution in [2.24, 2.45) is 5.92 Å². The number of carbonyl (C=O) groups is 2. The number of rotatable bonds is 5. The van der Waals surface area contributed by atoms with Crippen LogP contribution in [0.15, 0.2) is 24.3 Å². The van der Waals surface area contributed by atoms with Crippen LogP contribution in [0.25, 0.3) is 5.69 Å². The van der Waals surface area contributed by atoms with Crippen LogP contribution >= 0.6 is 0 Å². The second-order valence-corrected chi connectivity index (χ2v) is 7.86. The van der Waals surface area contributed by atoms with Gasteiger partial charge in [-0.2, -0.15) is 5.10 Å². The lowest BCUT2D eigenvalue weighted by molar-refractivity contribution is -0.118. The minimum Gasteiger partial charge on any atom is -0.364 e. The maximum absolute atomic E-state index is 12.4. The van der Waals surface area contributed by atoms with Crippen LogP contribution in [0.4, 0.5) is 22.9 Å². The van der Waals surface area contributed by atoms with E-state index < -0.39 is 5.91 Å². The zero-order valence-corrected chi connectivity index (χ0v) is 18.6. The summed E-state index contributed by atoms with van der Waals surface area (Å²) in [6.07, 6.45) is 0. The first-order valence-corrected chi connectivity index (χ1v) is 10.2. The van der Waals surface area contributed by atoms with E-state index in [0.717, 1.165) is 22.9 Å². The van der Waals surface area contributed by atoms with Gasteiger partial charge in [-0.3, -0.25) is 9.59 Å². The molecule has 1 aromatic carbocycles. The van der Waals surface area contributed by atoms with Crippen LogP contribution in [0.1, 0.15) is 36.0 Å². The maximum atomic E-state index is 12.4. The Morgan fingerprint density at radius 2 is 1.94 bits per heavy atom. The Morgan fingerprint density at radius 1 is 1.16 bits per heavy atom. The molecule has 32 heavy (non-hydrogen) atoms. The Labute approximate surface area is 185 Å². The van der Waals surface area contributed by atoms with Crippen molar-refractivity contribution in [1.29, 1.82) is 0 Å². The molecule has 4 rings (SSSR count). The number of nitrogens with zero attached hydrogens (tertiary/aromatic N) is 6. The van der Waals surface area contributed by atoms with Crippen molar-refractivity contribution >= 4 is 34.7 Å². The fourth-order valence-electron chi connectivity index (χ4n) is 3.50. The molecule has 0 bridgehead atoms. The zero-order valence-electron chi connectivity index (χ0n) is 18.6. The number of amides is 2. The van der Waals surface area contributed by atoms with Crippen molar-refractivity contribution in [2.75, 3.05) is 29.6 Å². The second-order valence-electron chi connectivity index (χ2n) is 7.86. The monoisotopic (exact) mass is 435 g/mol. The van der Waals surface area contributed by atoms with Gasteiger partial charge in [0.15, 0.2) is 17.3 Å². The summed E-state index contributed by atoms with van der Waals surface area (Å²) in [6.45, 7) is 6.01. The summed E-state index contributed by atoms with van der Waals surface area (Å²) in [4.78, 5) is 31.1. The lowest BCUT2D eigenvalue weighted by atomic mass is 10.1. The standard InChI is InChI=1S/C21H25N9O2/c1-11(2)20(31)25-16-9-14(18(27-26-16)21(32)22-4)24-13-7-6-8-15-19(13)29(5)10-17-23-12(3)28-30(15)17/h6-9,11H,10H2,1-5H3,(H,22,32)(H2,24,25,26,31). The largest absolute Gasteiger partial charge is 0.364 e. The number of nitrogens with one attached hydrogen (secondary N) is 3. The predicted molar refractivity (Wildman–Crippen MR) is 120 cm³/mol. The highest BCUT2D eigenvalue weighted by molar-refractivity contribution is 6.00. The second kappa shape index (κ2) is 8.25. The summed E-state index contributed by atoms with van der Waals surface area (Å²) >= 11 is 0. The molecule has 0 aliphatic carbocycles. The van der Waals surface area contributed by atoms with E-state index in [-0.39, 0.29) is 23.3 Å². The highest BCUT2D eigenvalue weighted by Gasteiger charge is 2.26. The van der Waals surface area contributed by atoms with Gasteiger partial charge in [-0.05, 0) is 19.1 Å². The van der Waals surface area contributed by atoms with Crippen molar-refractivity contribution in [3.05, 3.63) is 41.6 Å². The molecule has 0 saturated heterocycles. The molecule has 0 unspecified atom stereocenters. The van der Waals surface area contributed by atoms with Crippen molar-refractivity contribution in [3.63, 3.8) is 0 Å². The molecule has 2 aromatic heterocycles. The van der Waals surface area contributed by atoms with Crippen LogP contribution in [0, 0.1) is 12.8 Å². The van der Waals surface area contributed by atoms with Crippen molar-refractivity contribution in [3.8, 4) is 5.69 Å². The minimum atomic E-state index is -0.394. The summed E-state index contributed by atoms with van der Waals surface area (Å²) < 4.78 is 1.83. The van der Waals surface area contributed by atoms with Gasteiger partial charge in [0.2, 0.25) is 5.91 Å². The number of hydrogen-bond acceptors (Lipinski definition) is 8. The molecule has 2 amide bonds. The molecule has 3 aromatic rings. The van der Waals surface area contributed by atoms with Crippen molar-refractivity contribution in [1.82, 2.24) is 30.3 Å². The molecule has 0 spiro atoms. The van der Waals surface area contributed by atoms with Crippen LogP contribution in [0.3, 0.4) is 0 Å². The summed E-state index contributed by atoms with van der Waals surface area (Å²) in [5.41, 5.74) is 3.06. The number of para-hydroxylation sites is 1. The van der Waals surface area contributed by atoms with Gasteiger partial charge in [-0.25, -0.2) is 9.67 Å². The zero-order chi connectivity index (χ0) is 23.0. The van der Waals surface area contributed by atoms with E-state index in [1.54, 1.807) is 19.9 Å². The minimum absolute atomic E-state index is 0.114. The SMILES string of the molecule is CNC(=O)c1nnc(NC(=O)C(C)C)cc1Nc1cccc2c1N(C)Cc1nc(C)nn1-2. The molecule has 0 radical (unpaired) electrons. The molecule has 3 N–H and O–H groups in total. The van der Waals surface area contributed by atoms with Gasteiger partial charge in [0.1, 0.15) is 5.82 Å². The van der Waals surface area contributed by atoms with Gasteiger partial charge < -0.3 is 20.9 Å². The van der Waals surface area contributed by atoms with Crippen LogP contribution in [-0.4, -0.2) is 50.9 Å². The Morgan fingerprint density at radius 3 is 2.66 bits per heavy atom. The quantitative estimate of drug-likeness (QED) is 0.555. The van der Waals surface area contributed by atoms with Gasteiger partial charge in [-0.15, -0.1) is 10.2 Å². The van der Waals surface area contributed by atoms with Gasteiger partial charge in [0.25, 0.3) is 5.91 Å². The van der Waals surface area contributed by atoms with E-state index in [1.807, 2.05) is 36.9 Å². The fourth-order valence-corrected chi connectivity index (χ4v) is 3.50. The van der Waals surface area contributed by atoms with Crippen LogP contribution in [0.2, 0.25) is 0 Å². The topological polar surface area (TPSA) is 130 Å². The van der Waals surface area contributed by atoms with E-state index in [0.29, 0.717) is 18.1 Å². The first-order valence-electron chi connectivity index (χ1n) is 10.2. The molecule has 0 atom stereocenters. The summed E-state index contributed by atoms with van der Waals surface area (Å²) in [5, 5.41) is 21.2. The maximum Gasteiger partial charge on any atom is 0.273 e. The van der Waals surface area contributed by atoms with E-state index in [9.17, 15) is 9.59 Å². The normalized spacial score (nSPS) is 12.2. The number of hydrogen-bond donors (Lipinski definition) is 3. The third kappa shape index (κ3) is 3.84. The smallest absolute Gasteiger partial charge is 0.273 e. The fraction of sp³-hybridized carbons (Fsp3) is 0.333. The van der Waals surface area contributed by atoms with E-state index in [2.05, 4.69) is 41.1 Å². The molecule has 0 saturated carbocycles. The Balaban J connectivity index is 1.77. The molecule has 1 aliphatic rings. The van der Waals surface area contributed by atoms with Crippen LogP contribution in [-0.2, 0) is 11.3 Å². The molecule has 11 heteroatoms. The average Bonchev–Trinajstić information content (AvgIpc) is 3.13. The molecule has 0 fully saturated rings. The van der Waals surface area contributed by atoms with Gasteiger partial charge >= 0.3 is 0 Å². The highest BCUT2D eigenvalue weighted by atomic mass is 16.2. The third-order valence-electron chi connectivity index (χ3n) is 5.06. The van der Waals surface area contributed by atoms with Crippen LogP contribution < -0.4 is 20.9 Å². The first-order chi connectivity index (χ1) is 15.3. The number of benzene rings is 1. The molecule has 1 aliphatic heterocycles. The lowest BCUT2D eigenvalue weighted by Crippen LogP contribution is -2.27. The average molecular weight is 435 g/mol. The van der Waals surface area contributed by atoms with E-state index in [4.69, 9.17) is 0 Å². The highest BCUT2D eigenvalue weighted by Crippen LogP contribution is 2.38.